The number of thioether (sulfide) groups is 1. The van der Waals surface area contributed by atoms with Gasteiger partial charge in [-0.1, -0.05) is 0 Å². The number of amides is 1. The van der Waals surface area contributed by atoms with Gasteiger partial charge in [-0.2, -0.15) is 11.8 Å². The van der Waals surface area contributed by atoms with Crippen molar-refractivity contribution in [3.8, 4) is 0 Å². The lowest BCUT2D eigenvalue weighted by Gasteiger charge is -2.36. The van der Waals surface area contributed by atoms with Crippen LogP contribution in [0.1, 0.15) is 13.3 Å². The van der Waals surface area contributed by atoms with Gasteiger partial charge in [0.1, 0.15) is 5.82 Å². The lowest BCUT2D eigenvalue weighted by atomic mass is 10.2. The third-order valence-corrected chi connectivity index (χ3v) is 4.96. The first kappa shape index (κ1) is 24.8. The second-order valence-corrected chi connectivity index (χ2v) is 7.26. The number of piperazine rings is 1. The summed E-state index contributed by atoms with van der Waals surface area (Å²) in [6.45, 7) is 7.07. The fourth-order valence-electron chi connectivity index (χ4n) is 2.90. The molecular weight excluding hydrogens is 492 g/mol. The van der Waals surface area contributed by atoms with Crippen LogP contribution in [0.4, 0.5) is 10.1 Å². The number of benzene rings is 1. The van der Waals surface area contributed by atoms with E-state index in [1.807, 2.05) is 11.8 Å². The Kier molecular flexibility index (Phi) is 12.3. The molecule has 0 radical (unpaired) electrons. The second-order valence-electron chi connectivity index (χ2n) is 6.27. The molecule has 0 saturated carbocycles. The molecule has 0 bridgehead atoms. The minimum absolute atomic E-state index is 0. The van der Waals surface area contributed by atoms with Crippen LogP contribution in [0.15, 0.2) is 29.3 Å². The summed E-state index contributed by atoms with van der Waals surface area (Å²) in [5.41, 5.74) is 1.00. The molecule has 1 heterocycles. The van der Waals surface area contributed by atoms with E-state index < -0.39 is 0 Å². The molecule has 28 heavy (non-hydrogen) atoms. The number of hydrogen-bond acceptors (Lipinski definition) is 4. The van der Waals surface area contributed by atoms with Crippen LogP contribution in [0.25, 0.3) is 0 Å². The zero-order valence-electron chi connectivity index (χ0n) is 16.6. The number of aliphatic imine (C=N–C) groups is 1. The van der Waals surface area contributed by atoms with Crippen LogP contribution >= 0.6 is 35.7 Å². The lowest BCUT2D eigenvalue weighted by molar-refractivity contribution is -0.131. The van der Waals surface area contributed by atoms with Crippen molar-refractivity contribution in [2.75, 3.05) is 62.7 Å². The third kappa shape index (κ3) is 8.42. The number of hydrogen-bond donors (Lipinski definition) is 2. The highest BCUT2D eigenvalue weighted by Gasteiger charge is 2.21. The first-order valence-corrected chi connectivity index (χ1v) is 10.8. The highest BCUT2D eigenvalue weighted by atomic mass is 127. The van der Waals surface area contributed by atoms with E-state index >= 15 is 0 Å². The van der Waals surface area contributed by atoms with Gasteiger partial charge in [0.25, 0.3) is 0 Å². The molecule has 1 amide bonds. The van der Waals surface area contributed by atoms with Crippen LogP contribution < -0.4 is 15.5 Å². The van der Waals surface area contributed by atoms with Gasteiger partial charge in [-0.3, -0.25) is 9.79 Å². The van der Waals surface area contributed by atoms with Crippen LogP contribution in [-0.4, -0.2) is 74.6 Å². The van der Waals surface area contributed by atoms with Crippen LogP contribution in [0, 0.1) is 5.82 Å². The van der Waals surface area contributed by atoms with Gasteiger partial charge in [-0.25, -0.2) is 4.39 Å². The third-order valence-electron chi connectivity index (χ3n) is 4.37. The highest BCUT2D eigenvalue weighted by Crippen LogP contribution is 2.17. The number of nitrogens with one attached hydrogen (secondary N) is 2. The van der Waals surface area contributed by atoms with Crippen molar-refractivity contribution in [3.63, 3.8) is 0 Å². The number of rotatable bonds is 8. The Morgan fingerprint density at radius 1 is 1.18 bits per heavy atom. The number of anilines is 1. The van der Waals surface area contributed by atoms with E-state index in [-0.39, 0.29) is 35.7 Å². The molecule has 1 aromatic carbocycles. The van der Waals surface area contributed by atoms with Gasteiger partial charge < -0.3 is 20.4 Å². The number of carbonyl (C=O) groups excluding carboxylic acids is 1. The number of guanidine groups is 1. The first-order valence-electron chi connectivity index (χ1n) is 9.43. The highest BCUT2D eigenvalue weighted by molar-refractivity contribution is 14.0. The quantitative estimate of drug-likeness (QED) is 0.237. The van der Waals surface area contributed by atoms with Crippen molar-refractivity contribution in [2.24, 2.45) is 4.99 Å². The molecule has 1 aliphatic rings. The topological polar surface area (TPSA) is 60.0 Å². The molecule has 1 aromatic rings. The van der Waals surface area contributed by atoms with Gasteiger partial charge in [-0.05, 0) is 37.4 Å². The van der Waals surface area contributed by atoms with Gasteiger partial charge in [0, 0.05) is 57.1 Å². The van der Waals surface area contributed by atoms with Crippen molar-refractivity contribution in [3.05, 3.63) is 30.1 Å². The predicted octanol–water partition coefficient (Wildman–Crippen LogP) is 2.40. The summed E-state index contributed by atoms with van der Waals surface area (Å²) in [7, 11) is 0. The first-order chi connectivity index (χ1) is 13.1. The van der Waals surface area contributed by atoms with Crippen molar-refractivity contribution in [2.45, 2.75) is 13.3 Å². The standard InChI is InChI=1S/C19H30FN5OS.HI/c1-3-21-19(23-10-15-27-2)22-9-8-18(26)25-13-11-24(12-14-25)17-6-4-16(20)5-7-17;/h4-7H,3,8-15H2,1-2H3,(H2,21,22,23);1H. The Balaban J connectivity index is 0.00000392. The average molecular weight is 523 g/mol. The summed E-state index contributed by atoms with van der Waals surface area (Å²) < 4.78 is 13.0. The molecular formula is C19H31FIN5OS. The molecule has 9 heteroatoms. The molecule has 6 nitrogen and oxygen atoms in total. The number of halogens is 2. The second kappa shape index (κ2) is 13.9. The summed E-state index contributed by atoms with van der Waals surface area (Å²) in [5, 5.41) is 6.42. The molecule has 1 fully saturated rings. The van der Waals surface area contributed by atoms with Gasteiger partial charge >= 0.3 is 0 Å². The van der Waals surface area contributed by atoms with Crippen molar-refractivity contribution in [1.82, 2.24) is 15.5 Å². The predicted molar refractivity (Wildman–Crippen MR) is 128 cm³/mol. The maximum Gasteiger partial charge on any atom is 0.224 e. The number of nitrogens with zero attached hydrogens (tertiary/aromatic N) is 3. The van der Waals surface area contributed by atoms with Crippen molar-refractivity contribution in [1.29, 1.82) is 0 Å². The maximum atomic E-state index is 13.0. The van der Waals surface area contributed by atoms with E-state index in [1.165, 1.54) is 12.1 Å². The van der Waals surface area contributed by atoms with E-state index in [9.17, 15) is 9.18 Å². The molecule has 0 unspecified atom stereocenters. The van der Waals surface area contributed by atoms with Crippen molar-refractivity contribution >= 4 is 53.3 Å². The number of carbonyl (C=O) groups is 1. The lowest BCUT2D eigenvalue weighted by Crippen LogP contribution is -2.49. The summed E-state index contributed by atoms with van der Waals surface area (Å²) in [6.07, 6.45) is 2.51. The van der Waals surface area contributed by atoms with Crippen LogP contribution in [-0.2, 0) is 4.79 Å². The molecule has 2 N–H and O–H groups in total. The Bertz CT molecular complexity index is 609. The monoisotopic (exact) mass is 523 g/mol. The molecule has 0 spiro atoms. The Hall–Kier alpha value is -1.23. The molecule has 1 saturated heterocycles. The van der Waals surface area contributed by atoms with E-state index in [4.69, 9.17) is 0 Å². The molecule has 1 aliphatic heterocycles. The summed E-state index contributed by atoms with van der Waals surface area (Å²) in [4.78, 5) is 21.0. The van der Waals surface area contributed by atoms with E-state index in [1.54, 1.807) is 23.9 Å². The Morgan fingerprint density at radius 3 is 2.46 bits per heavy atom. The maximum absolute atomic E-state index is 13.0. The fourth-order valence-corrected chi connectivity index (χ4v) is 3.18. The zero-order chi connectivity index (χ0) is 19.5. The van der Waals surface area contributed by atoms with Crippen LogP contribution in [0.3, 0.4) is 0 Å². The normalized spacial score (nSPS) is 14.5. The smallest absolute Gasteiger partial charge is 0.224 e. The largest absolute Gasteiger partial charge is 0.368 e. The van der Waals surface area contributed by atoms with Gasteiger partial charge in [-0.15, -0.1) is 24.0 Å². The molecule has 2 rings (SSSR count). The minimum atomic E-state index is -0.228. The molecule has 0 aliphatic carbocycles. The van der Waals surface area contributed by atoms with Gasteiger partial charge in [0.2, 0.25) is 5.91 Å². The van der Waals surface area contributed by atoms with Crippen LogP contribution in [0.5, 0.6) is 0 Å². The average Bonchev–Trinajstić information content (AvgIpc) is 2.69. The van der Waals surface area contributed by atoms with Crippen LogP contribution in [0.2, 0.25) is 0 Å². The van der Waals surface area contributed by atoms with Gasteiger partial charge in [0.05, 0.1) is 6.54 Å². The van der Waals surface area contributed by atoms with E-state index in [0.29, 0.717) is 26.1 Å². The summed E-state index contributed by atoms with van der Waals surface area (Å²) in [5.74, 6) is 1.67. The SMILES string of the molecule is CCNC(=NCCSC)NCCC(=O)N1CCN(c2ccc(F)cc2)CC1.I. The van der Waals surface area contributed by atoms with Gasteiger partial charge in [0.15, 0.2) is 5.96 Å². The van der Waals surface area contributed by atoms with Crippen molar-refractivity contribution < 1.29 is 9.18 Å². The summed E-state index contributed by atoms with van der Waals surface area (Å²) in [6, 6.07) is 6.52. The van der Waals surface area contributed by atoms with E-state index in [2.05, 4.69) is 26.8 Å². The fraction of sp³-hybridized carbons (Fsp3) is 0.579. The minimum Gasteiger partial charge on any atom is -0.368 e. The Morgan fingerprint density at radius 2 is 1.86 bits per heavy atom. The molecule has 0 aromatic heterocycles. The molecule has 158 valence electrons. The van der Waals surface area contributed by atoms with E-state index in [0.717, 1.165) is 43.6 Å². The Labute approximate surface area is 188 Å². The zero-order valence-corrected chi connectivity index (χ0v) is 19.8. The molecule has 0 atom stereocenters. The summed E-state index contributed by atoms with van der Waals surface area (Å²) >= 11 is 1.76.